The van der Waals surface area contributed by atoms with E-state index in [0.29, 0.717) is 11.4 Å². The Morgan fingerprint density at radius 1 is 0.895 bits per heavy atom. The molecule has 0 bridgehead atoms. The standard InChI is InChI=1S/C14H9N5/c15-8-10-6-7-13(14(17)12(10)9-16)19-18-11-4-2-1-3-5-11/h1-7H,17H2. The Balaban J connectivity index is 2.41. The molecular formula is C14H9N5. The molecule has 0 aromatic heterocycles. The molecule has 2 rings (SSSR count). The van der Waals surface area contributed by atoms with E-state index in [2.05, 4.69) is 10.2 Å². The average molecular weight is 247 g/mol. The van der Waals surface area contributed by atoms with Gasteiger partial charge >= 0.3 is 0 Å². The largest absolute Gasteiger partial charge is 0.396 e. The highest BCUT2D eigenvalue weighted by molar-refractivity contribution is 5.74. The van der Waals surface area contributed by atoms with Crippen molar-refractivity contribution < 1.29 is 0 Å². The van der Waals surface area contributed by atoms with Crippen molar-refractivity contribution in [1.29, 1.82) is 10.5 Å². The van der Waals surface area contributed by atoms with Gasteiger partial charge in [-0.05, 0) is 24.3 Å². The Hall–Kier alpha value is -3.18. The van der Waals surface area contributed by atoms with Crippen molar-refractivity contribution in [3.05, 3.63) is 53.6 Å². The van der Waals surface area contributed by atoms with Crippen LogP contribution in [0.15, 0.2) is 52.7 Å². The van der Waals surface area contributed by atoms with Crippen molar-refractivity contribution in [2.45, 2.75) is 0 Å². The van der Waals surface area contributed by atoms with Gasteiger partial charge in [0.1, 0.15) is 17.8 Å². The van der Waals surface area contributed by atoms with Gasteiger partial charge in [-0.15, -0.1) is 5.11 Å². The highest BCUT2D eigenvalue weighted by Gasteiger charge is 2.09. The zero-order chi connectivity index (χ0) is 13.7. The number of azo groups is 1. The molecule has 0 fully saturated rings. The maximum Gasteiger partial charge on any atom is 0.110 e. The first-order valence-corrected chi connectivity index (χ1v) is 5.45. The molecule has 2 aromatic carbocycles. The van der Waals surface area contributed by atoms with E-state index >= 15 is 0 Å². The molecule has 2 aromatic rings. The second-order valence-corrected chi connectivity index (χ2v) is 3.68. The molecule has 0 saturated heterocycles. The lowest BCUT2D eigenvalue weighted by Gasteiger charge is -2.02. The Kier molecular flexibility index (Phi) is 3.51. The SMILES string of the molecule is N#Cc1ccc(N=Nc2ccccc2)c(N)c1C#N. The van der Waals surface area contributed by atoms with Gasteiger partial charge in [-0.1, -0.05) is 18.2 Å². The second-order valence-electron chi connectivity index (χ2n) is 3.68. The number of hydrogen-bond acceptors (Lipinski definition) is 5. The first-order chi connectivity index (χ1) is 9.26. The first-order valence-electron chi connectivity index (χ1n) is 5.45. The van der Waals surface area contributed by atoms with Crippen molar-refractivity contribution in [3.63, 3.8) is 0 Å². The van der Waals surface area contributed by atoms with Crippen LogP contribution < -0.4 is 5.73 Å². The normalized spacial score (nSPS) is 10.0. The molecule has 0 saturated carbocycles. The third-order valence-corrected chi connectivity index (χ3v) is 2.48. The third kappa shape index (κ3) is 2.56. The van der Waals surface area contributed by atoms with E-state index in [1.165, 1.54) is 6.07 Å². The van der Waals surface area contributed by atoms with Gasteiger partial charge in [-0.3, -0.25) is 0 Å². The summed E-state index contributed by atoms with van der Waals surface area (Å²) in [5.41, 5.74) is 7.40. The Labute approximate surface area is 110 Å². The van der Waals surface area contributed by atoms with Crippen LogP contribution in [0.1, 0.15) is 11.1 Å². The molecular weight excluding hydrogens is 238 g/mol. The molecule has 5 nitrogen and oxygen atoms in total. The fraction of sp³-hybridized carbons (Fsp3) is 0. The number of nitrogens with zero attached hydrogens (tertiary/aromatic N) is 4. The van der Waals surface area contributed by atoms with Crippen LogP contribution in [0.4, 0.5) is 17.1 Å². The number of rotatable bonds is 2. The minimum Gasteiger partial charge on any atom is -0.396 e. The third-order valence-electron chi connectivity index (χ3n) is 2.48. The highest BCUT2D eigenvalue weighted by atomic mass is 15.1. The van der Waals surface area contributed by atoms with Gasteiger partial charge in [0.15, 0.2) is 0 Å². The summed E-state index contributed by atoms with van der Waals surface area (Å²) in [7, 11) is 0. The summed E-state index contributed by atoms with van der Waals surface area (Å²) < 4.78 is 0. The lowest BCUT2D eigenvalue weighted by molar-refractivity contribution is 1.23. The maximum atomic E-state index is 8.99. The van der Waals surface area contributed by atoms with Gasteiger partial charge in [0.2, 0.25) is 0 Å². The van der Waals surface area contributed by atoms with Crippen LogP contribution in [0, 0.1) is 22.7 Å². The van der Waals surface area contributed by atoms with Gasteiger partial charge < -0.3 is 5.73 Å². The topological polar surface area (TPSA) is 98.3 Å². The summed E-state index contributed by atoms with van der Waals surface area (Å²) in [5, 5.41) is 25.9. The second kappa shape index (κ2) is 5.44. The molecule has 19 heavy (non-hydrogen) atoms. The van der Waals surface area contributed by atoms with Gasteiger partial charge in [0.25, 0.3) is 0 Å². The summed E-state index contributed by atoms with van der Waals surface area (Å²) in [5.74, 6) is 0. The van der Waals surface area contributed by atoms with E-state index in [0.717, 1.165) is 0 Å². The molecule has 0 unspecified atom stereocenters. The first kappa shape index (κ1) is 12.3. The molecule has 0 amide bonds. The minimum atomic E-state index is 0.131. The van der Waals surface area contributed by atoms with Crippen molar-refractivity contribution >= 4 is 17.1 Å². The molecule has 5 heteroatoms. The number of hydrogen-bond donors (Lipinski definition) is 1. The van der Waals surface area contributed by atoms with Crippen molar-refractivity contribution in [3.8, 4) is 12.1 Å². The number of anilines is 1. The van der Waals surface area contributed by atoms with Crippen molar-refractivity contribution in [1.82, 2.24) is 0 Å². The number of nitriles is 2. The monoisotopic (exact) mass is 247 g/mol. The molecule has 0 atom stereocenters. The van der Waals surface area contributed by atoms with Crippen LogP contribution in [0.25, 0.3) is 0 Å². The number of nitrogens with two attached hydrogens (primary N) is 1. The summed E-state index contributed by atoms with van der Waals surface area (Å²) in [4.78, 5) is 0. The average Bonchev–Trinajstić information content (AvgIpc) is 2.46. The molecule has 0 radical (unpaired) electrons. The Morgan fingerprint density at radius 2 is 1.63 bits per heavy atom. The van der Waals surface area contributed by atoms with Crippen molar-refractivity contribution in [2.24, 2.45) is 10.2 Å². The summed E-state index contributed by atoms with van der Waals surface area (Å²) in [6.45, 7) is 0. The van der Waals surface area contributed by atoms with E-state index < -0.39 is 0 Å². The summed E-state index contributed by atoms with van der Waals surface area (Å²) in [6, 6.07) is 16.1. The zero-order valence-corrected chi connectivity index (χ0v) is 9.91. The number of benzene rings is 2. The van der Waals surface area contributed by atoms with Crippen LogP contribution in [-0.2, 0) is 0 Å². The van der Waals surface area contributed by atoms with E-state index in [1.807, 2.05) is 30.3 Å². The van der Waals surface area contributed by atoms with E-state index in [9.17, 15) is 0 Å². The molecule has 0 aliphatic heterocycles. The van der Waals surface area contributed by atoms with Gasteiger partial charge in [-0.2, -0.15) is 15.6 Å². The van der Waals surface area contributed by atoms with Crippen LogP contribution in [-0.4, -0.2) is 0 Å². The Morgan fingerprint density at radius 3 is 2.26 bits per heavy atom. The van der Waals surface area contributed by atoms with Gasteiger partial charge in [0.05, 0.1) is 22.5 Å². The minimum absolute atomic E-state index is 0.131. The van der Waals surface area contributed by atoms with Crippen LogP contribution in [0.5, 0.6) is 0 Å². The van der Waals surface area contributed by atoms with E-state index in [4.69, 9.17) is 16.3 Å². The highest BCUT2D eigenvalue weighted by Crippen LogP contribution is 2.29. The lowest BCUT2D eigenvalue weighted by Crippen LogP contribution is -1.94. The Bertz CT molecular complexity index is 705. The predicted octanol–water partition coefficient (Wildman–Crippen LogP) is 3.43. The van der Waals surface area contributed by atoms with E-state index in [-0.39, 0.29) is 16.8 Å². The molecule has 0 heterocycles. The van der Waals surface area contributed by atoms with Gasteiger partial charge in [-0.25, -0.2) is 0 Å². The van der Waals surface area contributed by atoms with Crippen molar-refractivity contribution in [2.75, 3.05) is 5.73 Å². The predicted molar refractivity (Wildman–Crippen MR) is 70.9 cm³/mol. The number of nitrogen functional groups attached to an aromatic ring is 1. The maximum absolute atomic E-state index is 8.99. The summed E-state index contributed by atoms with van der Waals surface area (Å²) in [6.07, 6.45) is 0. The molecule has 0 aliphatic carbocycles. The summed E-state index contributed by atoms with van der Waals surface area (Å²) >= 11 is 0. The van der Waals surface area contributed by atoms with E-state index in [1.54, 1.807) is 18.2 Å². The quantitative estimate of drug-likeness (QED) is 0.650. The molecule has 0 aliphatic rings. The van der Waals surface area contributed by atoms with Gasteiger partial charge in [0, 0.05) is 0 Å². The van der Waals surface area contributed by atoms with Crippen LogP contribution >= 0.6 is 0 Å². The fourth-order valence-electron chi connectivity index (χ4n) is 1.52. The van der Waals surface area contributed by atoms with Crippen LogP contribution in [0.3, 0.4) is 0 Å². The zero-order valence-electron chi connectivity index (χ0n) is 9.91. The smallest absolute Gasteiger partial charge is 0.110 e. The molecule has 0 spiro atoms. The molecule has 90 valence electrons. The fourth-order valence-corrected chi connectivity index (χ4v) is 1.52. The lowest BCUT2D eigenvalue weighted by atomic mass is 10.1. The van der Waals surface area contributed by atoms with Crippen LogP contribution in [0.2, 0.25) is 0 Å². The molecule has 2 N–H and O–H groups in total.